The minimum Gasteiger partial charge on any atom is -0.390 e. The summed E-state index contributed by atoms with van der Waals surface area (Å²) in [7, 11) is -4.23. The minimum absolute atomic E-state index is 0.0112. The third-order valence-electron chi connectivity index (χ3n) is 9.81. The molecule has 5 rings (SSSR count). The predicted molar refractivity (Wildman–Crippen MR) is 190 cm³/mol. The van der Waals surface area contributed by atoms with Gasteiger partial charge in [0.2, 0.25) is 17.7 Å². The standard InChI is InChI=1S/C37H49N5O8S/c1-37(2,36(47)42-15-17-50-18-16-42)51(48,49)23-28(19-25-9-5-3-6-10-25)34(45)41-31(21-29-22-38-24-39-29)35(46)40-30(20-26-11-7-4-8-12-26)33(44)32(43)27-13-14-27/h3-12,22,24,27-28,30-33,43-44H,13-21,23H2,1-2H3,(H,38,39)(H,40,46)(H,41,45)/t28-,30+,31+,32+,33-/m1/s1. The first kappa shape index (κ1) is 38.1. The number of aliphatic hydroxyl groups is 2. The van der Waals surface area contributed by atoms with Gasteiger partial charge >= 0.3 is 0 Å². The fourth-order valence-electron chi connectivity index (χ4n) is 6.36. The van der Waals surface area contributed by atoms with E-state index in [0.29, 0.717) is 24.5 Å². The van der Waals surface area contributed by atoms with Crippen LogP contribution in [-0.2, 0) is 48.2 Å². The smallest absolute Gasteiger partial charge is 0.243 e. The van der Waals surface area contributed by atoms with Crippen molar-refractivity contribution >= 4 is 27.6 Å². The van der Waals surface area contributed by atoms with E-state index in [0.717, 1.165) is 18.4 Å². The number of aromatic nitrogens is 2. The summed E-state index contributed by atoms with van der Waals surface area (Å²) in [5, 5.41) is 27.8. The molecule has 2 fully saturated rings. The van der Waals surface area contributed by atoms with Crippen LogP contribution in [0.3, 0.4) is 0 Å². The van der Waals surface area contributed by atoms with Crippen LogP contribution in [-0.4, -0.2) is 112 Å². The number of sulfone groups is 1. The molecule has 14 heteroatoms. The Labute approximate surface area is 299 Å². The molecule has 3 amide bonds. The lowest BCUT2D eigenvalue weighted by atomic mass is 9.95. The number of hydrogen-bond acceptors (Lipinski definition) is 9. The maximum atomic E-state index is 14.2. The van der Waals surface area contributed by atoms with Crippen molar-refractivity contribution in [1.29, 1.82) is 0 Å². The van der Waals surface area contributed by atoms with E-state index in [-0.39, 0.29) is 38.3 Å². The van der Waals surface area contributed by atoms with Crippen LogP contribution in [0.1, 0.15) is 43.5 Å². The fraction of sp³-hybridized carbons (Fsp3) is 0.514. The molecule has 2 heterocycles. The van der Waals surface area contributed by atoms with E-state index in [4.69, 9.17) is 4.74 Å². The molecule has 1 saturated carbocycles. The Bertz CT molecular complexity index is 1690. The molecule has 0 spiro atoms. The van der Waals surface area contributed by atoms with Crippen molar-refractivity contribution in [2.75, 3.05) is 32.1 Å². The zero-order valence-corrected chi connectivity index (χ0v) is 29.9. The summed E-state index contributed by atoms with van der Waals surface area (Å²) >= 11 is 0. The van der Waals surface area contributed by atoms with Gasteiger partial charge in [0.05, 0.1) is 43.4 Å². The van der Waals surface area contributed by atoms with Crippen LogP contribution in [0.25, 0.3) is 0 Å². The number of aliphatic hydroxyl groups excluding tert-OH is 2. The van der Waals surface area contributed by atoms with Crippen LogP contribution in [0.2, 0.25) is 0 Å². The summed E-state index contributed by atoms with van der Waals surface area (Å²) < 4.78 is 31.6. The van der Waals surface area contributed by atoms with E-state index in [1.54, 1.807) is 24.3 Å². The largest absolute Gasteiger partial charge is 0.390 e. The quantitative estimate of drug-likeness (QED) is 0.136. The number of H-pyrrole nitrogens is 1. The monoisotopic (exact) mass is 723 g/mol. The minimum atomic E-state index is -4.23. The Morgan fingerprint density at radius 1 is 0.922 bits per heavy atom. The Kier molecular flexibility index (Phi) is 12.7. The normalized spacial score (nSPS) is 18.2. The number of rotatable bonds is 17. The summed E-state index contributed by atoms with van der Waals surface area (Å²) in [5.74, 6) is -3.72. The van der Waals surface area contributed by atoms with Gasteiger partial charge in [-0.3, -0.25) is 14.4 Å². The molecule has 1 aliphatic heterocycles. The number of benzene rings is 2. The van der Waals surface area contributed by atoms with Gasteiger partial charge in [0.15, 0.2) is 9.84 Å². The molecule has 1 saturated heterocycles. The molecule has 0 unspecified atom stereocenters. The maximum Gasteiger partial charge on any atom is 0.243 e. The molecular formula is C37H49N5O8S. The zero-order valence-electron chi connectivity index (χ0n) is 29.1. The second kappa shape index (κ2) is 16.9. The second-order valence-corrected chi connectivity index (χ2v) is 16.6. The number of morpholine rings is 1. The first-order chi connectivity index (χ1) is 24.4. The van der Waals surface area contributed by atoms with Crippen LogP contribution >= 0.6 is 0 Å². The molecule has 13 nitrogen and oxygen atoms in total. The summed E-state index contributed by atoms with van der Waals surface area (Å²) in [4.78, 5) is 50.2. The molecule has 2 aliphatic rings. The van der Waals surface area contributed by atoms with Gasteiger partial charge in [-0.2, -0.15) is 0 Å². The van der Waals surface area contributed by atoms with Gasteiger partial charge in [-0.25, -0.2) is 13.4 Å². The number of hydrogen-bond donors (Lipinski definition) is 5. The van der Waals surface area contributed by atoms with E-state index in [9.17, 15) is 33.0 Å². The SMILES string of the molecule is CC(C)(C(=O)N1CCOCC1)S(=O)(=O)C[C@@H](Cc1ccccc1)C(=O)N[C@@H](Cc1cnc[nH]1)C(=O)N[C@@H](Cc1ccccc1)[C@@H](O)[C@@H](O)C1CC1. The molecule has 51 heavy (non-hydrogen) atoms. The van der Waals surface area contributed by atoms with Crippen molar-refractivity contribution in [3.8, 4) is 0 Å². The Balaban J connectivity index is 1.39. The van der Waals surface area contributed by atoms with E-state index in [1.165, 1.54) is 31.3 Å². The van der Waals surface area contributed by atoms with Crippen molar-refractivity contribution in [2.45, 2.75) is 75.0 Å². The molecule has 3 aromatic rings. The molecule has 0 radical (unpaired) electrons. The summed E-state index contributed by atoms with van der Waals surface area (Å²) in [6, 6.07) is 16.1. The third kappa shape index (κ3) is 10.0. The average molecular weight is 724 g/mol. The Morgan fingerprint density at radius 2 is 1.53 bits per heavy atom. The first-order valence-corrected chi connectivity index (χ1v) is 19.1. The number of nitrogens with one attached hydrogen (secondary N) is 3. The van der Waals surface area contributed by atoms with Crippen molar-refractivity contribution in [1.82, 2.24) is 25.5 Å². The van der Waals surface area contributed by atoms with Gasteiger partial charge in [0.25, 0.3) is 0 Å². The number of imidazole rings is 1. The molecule has 5 N–H and O–H groups in total. The van der Waals surface area contributed by atoms with Gasteiger partial charge in [-0.1, -0.05) is 60.7 Å². The highest BCUT2D eigenvalue weighted by molar-refractivity contribution is 7.93. The van der Waals surface area contributed by atoms with E-state index >= 15 is 0 Å². The van der Waals surface area contributed by atoms with Gasteiger partial charge in [-0.05, 0) is 56.6 Å². The molecular weight excluding hydrogens is 675 g/mol. The Morgan fingerprint density at radius 3 is 2.10 bits per heavy atom. The van der Waals surface area contributed by atoms with Gasteiger partial charge in [0, 0.05) is 31.4 Å². The van der Waals surface area contributed by atoms with Crippen molar-refractivity contribution in [2.24, 2.45) is 11.8 Å². The van der Waals surface area contributed by atoms with E-state index < -0.39 is 68.3 Å². The maximum absolute atomic E-state index is 14.2. The topological polar surface area (TPSA) is 191 Å². The first-order valence-electron chi connectivity index (χ1n) is 17.5. The van der Waals surface area contributed by atoms with E-state index in [2.05, 4.69) is 20.6 Å². The van der Waals surface area contributed by atoms with Crippen LogP contribution in [0, 0.1) is 11.8 Å². The molecule has 1 aromatic heterocycles. The number of nitrogens with zero attached hydrogens (tertiary/aromatic N) is 2. The number of carbonyl (C=O) groups excluding carboxylic acids is 3. The average Bonchev–Trinajstić information content (AvgIpc) is 3.86. The number of carbonyl (C=O) groups is 3. The molecule has 2 aromatic carbocycles. The van der Waals surface area contributed by atoms with Crippen LogP contribution in [0.4, 0.5) is 0 Å². The van der Waals surface area contributed by atoms with Crippen molar-refractivity contribution in [3.63, 3.8) is 0 Å². The summed E-state index contributed by atoms with van der Waals surface area (Å²) in [5.41, 5.74) is 2.08. The van der Waals surface area contributed by atoms with Crippen molar-refractivity contribution in [3.05, 3.63) is 90.0 Å². The summed E-state index contributed by atoms with van der Waals surface area (Å²) in [6.45, 7) is 3.88. The van der Waals surface area contributed by atoms with Gasteiger partial charge < -0.3 is 35.5 Å². The highest BCUT2D eigenvalue weighted by Gasteiger charge is 2.46. The Hall–Kier alpha value is -4.11. The zero-order chi connectivity index (χ0) is 36.6. The van der Waals surface area contributed by atoms with Crippen LogP contribution < -0.4 is 10.6 Å². The highest BCUT2D eigenvalue weighted by Crippen LogP contribution is 2.35. The van der Waals surface area contributed by atoms with Crippen molar-refractivity contribution < 1.29 is 37.8 Å². The lowest BCUT2D eigenvalue weighted by molar-refractivity contribution is -0.137. The molecule has 0 bridgehead atoms. The number of aromatic amines is 1. The lowest BCUT2D eigenvalue weighted by Crippen LogP contribution is -2.57. The van der Waals surface area contributed by atoms with E-state index in [1.807, 2.05) is 36.4 Å². The molecule has 1 aliphatic carbocycles. The van der Waals surface area contributed by atoms with Gasteiger partial charge in [-0.15, -0.1) is 0 Å². The lowest BCUT2D eigenvalue weighted by Gasteiger charge is -2.34. The molecule has 276 valence electrons. The van der Waals surface area contributed by atoms with Gasteiger partial charge in [0.1, 0.15) is 16.9 Å². The van der Waals surface area contributed by atoms with Crippen LogP contribution in [0.15, 0.2) is 73.2 Å². The third-order valence-corrected chi connectivity index (χ3v) is 12.4. The predicted octanol–water partition coefficient (Wildman–Crippen LogP) is 1.21. The second-order valence-electron chi connectivity index (χ2n) is 14.0. The number of amides is 3. The van der Waals surface area contributed by atoms with Crippen LogP contribution in [0.5, 0.6) is 0 Å². The molecule has 5 atom stereocenters. The summed E-state index contributed by atoms with van der Waals surface area (Å²) in [6.07, 6.45) is 2.47. The number of ether oxygens (including phenoxy) is 1. The highest BCUT2D eigenvalue weighted by atomic mass is 32.2. The fourth-order valence-corrected chi connectivity index (χ4v) is 7.97.